The van der Waals surface area contributed by atoms with Gasteiger partial charge in [0.15, 0.2) is 5.82 Å². The van der Waals surface area contributed by atoms with E-state index in [1.165, 1.54) is 12.8 Å². The summed E-state index contributed by atoms with van der Waals surface area (Å²) in [7, 11) is 2.18. The number of carbonyl (C=O) groups is 1. The van der Waals surface area contributed by atoms with E-state index in [2.05, 4.69) is 21.9 Å². The van der Waals surface area contributed by atoms with E-state index in [0.29, 0.717) is 11.2 Å². The molecule has 4 rings (SSSR count). The van der Waals surface area contributed by atoms with Crippen LogP contribution in [-0.4, -0.2) is 58.9 Å². The third-order valence-corrected chi connectivity index (χ3v) is 5.73. The van der Waals surface area contributed by atoms with E-state index in [0.717, 1.165) is 43.7 Å². The van der Waals surface area contributed by atoms with Gasteiger partial charge in [-0.3, -0.25) is 4.79 Å². The maximum absolute atomic E-state index is 12.9. The molecule has 0 aliphatic carbocycles. The molecule has 0 bridgehead atoms. The normalized spacial score (nSPS) is 20.1. The Morgan fingerprint density at radius 1 is 1.00 bits per heavy atom. The summed E-state index contributed by atoms with van der Waals surface area (Å²) in [5, 5.41) is 0. The number of hydrogen-bond donors (Lipinski definition) is 0. The second-order valence-corrected chi connectivity index (χ2v) is 7.43. The number of aromatic nitrogens is 2. The van der Waals surface area contributed by atoms with Crippen LogP contribution in [0.25, 0.3) is 11.4 Å². The van der Waals surface area contributed by atoms with Crippen molar-refractivity contribution in [3.8, 4) is 11.4 Å². The topological polar surface area (TPSA) is 49.3 Å². The molecule has 0 atom stereocenters. The lowest BCUT2D eigenvalue weighted by molar-refractivity contribution is 0.0736. The molecule has 0 unspecified atom stereocenters. The van der Waals surface area contributed by atoms with Gasteiger partial charge in [0.2, 0.25) is 0 Å². The Kier molecular flexibility index (Phi) is 4.25. The number of hydrogen-bond acceptors (Lipinski definition) is 4. The van der Waals surface area contributed by atoms with Crippen molar-refractivity contribution < 1.29 is 4.79 Å². The van der Waals surface area contributed by atoms with Crippen molar-refractivity contribution in [1.29, 1.82) is 0 Å². The maximum Gasteiger partial charge on any atom is 0.253 e. The average molecular weight is 336 g/mol. The van der Waals surface area contributed by atoms with Crippen LogP contribution >= 0.6 is 0 Å². The highest BCUT2D eigenvalue weighted by molar-refractivity contribution is 5.94. The first-order valence-corrected chi connectivity index (χ1v) is 9.01. The van der Waals surface area contributed by atoms with Gasteiger partial charge in [-0.15, -0.1) is 0 Å². The van der Waals surface area contributed by atoms with Gasteiger partial charge < -0.3 is 9.80 Å². The molecule has 0 N–H and O–H groups in total. The van der Waals surface area contributed by atoms with E-state index in [1.54, 1.807) is 18.5 Å². The first-order chi connectivity index (χ1) is 12.2. The van der Waals surface area contributed by atoms with Crippen LogP contribution in [0.4, 0.5) is 0 Å². The summed E-state index contributed by atoms with van der Waals surface area (Å²) in [4.78, 5) is 25.8. The number of likely N-dealkylation sites (tertiary alicyclic amines) is 2. The van der Waals surface area contributed by atoms with Crippen molar-refractivity contribution in [2.75, 3.05) is 33.2 Å². The zero-order chi connectivity index (χ0) is 17.3. The van der Waals surface area contributed by atoms with Crippen LogP contribution in [0.1, 0.15) is 29.6 Å². The number of piperidine rings is 1. The first-order valence-electron chi connectivity index (χ1n) is 9.01. The zero-order valence-corrected chi connectivity index (χ0v) is 14.7. The summed E-state index contributed by atoms with van der Waals surface area (Å²) in [6.45, 7) is 4.08. The third-order valence-electron chi connectivity index (χ3n) is 5.73. The molecule has 2 fully saturated rings. The van der Waals surface area contributed by atoms with Crippen molar-refractivity contribution in [3.05, 3.63) is 48.3 Å². The number of benzene rings is 1. The number of carbonyl (C=O) groups excluding carboxylic acids is 1. The second kappa shape index (κ2) is 6.56. The van der Waals surface area contributed by atoms with Crippen molar-refractivity contribution >= 4 is 5.91 Å². The SMILES string of the molecule is CN1CCC2(CC1)CCN(C(=O)c1ccc(-c3ncccn3)cc1)C2. The van der Waals surface area contributed by atoms with E-state index in [4.69, 9.17) is 0 Å². The van der Waals surface area contributed by atoms with Gasteiger partial charge in [-0.05, 0) is 63.0 Å². The lowest BCUT2D eigenvalue weighted by Crippen LogP contribution is -2.40. The van der Waals surface area contributed by atoms with Gasteiger partial charge in [0.25, 0.3) is 5.91 Å². The third kappa shape index (κ3) is 3.29. The Bertz CT molecular complexity index is 736. The molecule has 3 heterocycles. The molecule has 2 aliphatic rings. The van der Waals surface area contributed by atoms with Crippen LogP contribution in [0.15, 0.2) is 42.7 Å². The standard InChI is InChI=1S/C20H24N4O/c1-23-12-7-20(8-13-23)9-14-24(15-20)19(25)17-5-3-16(4-6-17)18-21-10-2-11-22-18/h2-6,10-11H,7-9,12-15H2,1H3. The summed E-state index contributed by atoms with van der Waals surface area (Å²) in [6.07, 6.45) is 7.01. The molecule has 1 aromatic heterocycles. The lowest BCUT2D eigenvalue weighted by Gasteiger charge is -2.37. The van der Waals surface area contributed by atoms with E-state index in [-0.39, 0.29) is 5.91 Å². The summed E-state index contributed by atoms with van der Waals surface area (Å²) in [6, 6.07) is 9.46. The minimum Gasteiger partial charge on any atom is -0.338 e. The van der Waals surface area contributed by atoms with Crippen LogP contribution in [0.3, 0.4) is 0 Å². The van der Waals surface area contributed by atoms with Crippen molar-refractivity contribution in [2.45, 2.75) is 19.3 Å². The average Bonchev–Trinajstić information content (AvgIpc) is 3.09. The smallest absolute Gasteiger partial charge is 0.253 e. The van der Waals surface area contributed by atoms with Crippen LogP contribution < -0.4 is 0 Å². The van der Waals surface area contributed by atoms with Gasteiger partial charge in [0.05, 0.1) is 0 Å². The minimum absolute atomic E-state index is 0.149. The summed E-state index contributed by atoms with van der Waals surface area (Å²) < 4.78 is 0. The first kappa shape index (κ1) is 16.2. The Labute approximate surface area is 148 Å². The molecule has 130 valence electrons. The largest absolute Gasteiger partial charge is 0.338 e. The molecule has 5 heteroatoms. The summed E-state index contributed by atoms with van der Waals surface area (Å²) >= 11 is 0. The van der Waals surface area contributed by atoms with Crippen LogP contribution in [-0.2, 0) is 0 Å². The Morgan fingerprint density at radius 2 is 1.64 bits per heavy atom. The maximum atomic E-state index is 12.9. The lowest BCUT2D eigenvalue weighted by atomic mass is 9.78. The highest BCUT2D eigenvalue weighted by Crippen LogP contribution is 2.40. The van der Waals surface area contributed by atoms with Crippen LogP contribution in [0, 0.1) is 5.41 Å². The molecule has 1 aromatic carbocycles. The second-order valence-electron chi connectivity index (χ2n) is 7.43. The van der Waals surface area contributed by atoms with Crippen molar-refractivity contribution in [3.63, 3.8) is 0 Å². The minimum atomic E-state index is 0.149. The predicted molar refractivity (Wildman–Crippen MR) is 97.2 cm³/mol. The van der Waals surface area contributed by atoms with Gasteiger partial charge in [-0.2, -0.15) is 0 Å². The highest BCUT2D eigenvalue weighted by Gasteiger charge is 2.41. The fraction of sp³-hybridized carbons (Fsp3) is 0.450. The van der Waals surface area contributed by atoms with E-state index in [9.17, 15) is 4.79 Å². The molecule has 1 spiro atoms. The van der Waals surface area contributed by atoms with Gasteiger partial charge >= 0.3 is 0 Å². The molecule has 0 saturated carbocycles. The molecule has 2 aliphatic heterocycles. The van der Waals surface area contributed by atoms with Gasteiger partial charge in [0.1, 0.15) is 0 Å². The van der Waals surface area contributed by atoms with Crippen LogP contribution in [0.2, 0.25) is 0 Å². The van der Waals surface area contributed by atoms with E-state index in [1.807, 2.05) is 29.2 Å². The van der Waals surface area contributed by atoms with E-state index < -0.39 is 0 Å². The van der Waals surface area contributed by atoms with Gasteiger partial charge in [-0.1, -0.05) is 12.1 Å². The zero-order valence-electron chi connectivity index (χ0n) is 14.7. The highest BCUT2D eigenvalue weighted by atomic mass is 16.2. The summed E-state index contributed by atoms with van der Waals surface area (Å²) in [5.41, 5.74) is 2.04. The molecule has 0 radical (unpaired) electrons. The fourth-order valence-corrected chi connectivity index (χ4v) is 4.00. The van der Waals surface area contributed by atoms with Crippen molar-refractivity contribution in [1.82, 2.24) is 19.8 Å². The van der Waals surface area contributed by atoms with E-state index >= 15 is 0 Å². The Morgan fingerprint density at radius 3 is 2.32 bits per heavy atom. The van der Waals surface area contributed by atoms with Crippen molar-refractivity contribution in [2.24, 2.45) is 5.41 Å². The molecule has 2 saturated heterocycles. The molecule has 25 heavy (non-hydrogen) atoms. The fourth-order valence-electron chi connectivity index (χ4n) is 4.00. The summed E-state index contributed by atoms with van der Waals surface area (Å²) in [5.74, 6) is 0.837. The molecule has 5 nitrogen and oxygen atoms in total. The molecular formula is C20H24N4O. The monoisotopic (exact) mass is 336 g/mol. The molecule has 1 amide bonds. The molecular weight excluding hydrogens is 312 g/mol. The Balaban J connectivity index is 1.45. The predicted octanol–water partition coefficient (Wildman–Crippen LogP) is 2.70. The molecule has 2 aromatic rings. The number of rotatable bonds is 2. The van der Waals surface area contributed by atoms with Gasteiger partial charge in [0, 0.05) is 36.6 Å². The van der Waals surface area contributed by atoms with Gasteiger partial charge in [-0.25, -0.2) is 9.97 Å². The number of amides is 1. The quantitative estimate of drug-likeness (QED) is 0.846. The number of nitrogens with zero attached hydrogens (tertiary/aromatic N) is 4. The Hall–Kier alpha value is -2.27. The van der Waals surface area contributed by atoms with Crippen LogP contribution in [0.5, 0.6) is 0 Å².